The van der Waals surface area contributed by atoms with Gasteiger partial charge in [0.15, 0.2) is 5.82 Å². The highest BCUT2D eigenvalue weighted by Crippen LogP contribution is 2.30. The average Bonchev–Trinajstić information content (AvgIpc) is 2.71. The van der Waals surface area contributed by atoms with Crippen molar-refractivity contribution in [1.29, 1.82) is 0 Å². The van der Waals surface area contributed by atoms with Crippen LogP contribution in [0.15, 0.2) is 53.6 Å². The molecule has 1 aliphatic heterocycles. The summed E-state index contributed by atoms with van der Waals surface area (Å²) in [5.41, 5.74) is 1.45. The Balaban J connectivity index is 1.59. The Labute approximate surface area is 161 Å². The molecular formula is C21H20F2N4O. The zero-order chi connectivity index (χ0) is 19.7. The van der Waals surface area contributed by atoms with Gasteiger partial charge >= 0.3 is 0 Å². The topological polar surface area (TPSA) is 51.0 Å². The van der Waals surface area contributed by atoms with Gasteiger partial charge in [0.05, 0.1) is 11.9 Å². The maximum Gasteiger partial charge on any atom is 0.255 e. The number of rotatable bonds is 3. The lowest BCUT2D eigenvalue weighted by atomic mass is 9.89. The largest absolute Gasteiger partial charge is 0.342 e. The van der Waals surface area contributed by atoms with Crippen molar-refractivity contribution in [3.63, 3.8) is 0 Å². The number of hydrogen-bond acceptors (Lipinski definition) is 4. The molecule has 1 fully saturated rings. The molecular weight excluding hydrogens is 362 g/mol. The van der Waals surface area contributed by atoms with E-state index in [1.807, 2.05) is 17.0 Å². The highest BCUT2D eigenvalue weighted by molar-refractivity contribution is 5.60. The first-order valence-electron chi connectivity index (χ1n) is 9.21. The van der Waals surface area contributed by atoms with Crippen molar-refractivity contribution in [1.82, 2.24) is 14.5 Å². The van der Waals surface area contributed by atoms with Gasteiger partial charge in [0.1, 0.15) is 5.82 Å². The summed E-state index contributed by atoms with van der Waals surface area (Å²) in [5.74, 6) is 0.121. The van der Waals surface area contributed by atoms with Gasteiger partial charge in [-0.15, -0.1) is 0 Å². The van der Waals surface area contributed by atoms with Crippen LogP contribution in [0.4, 0.5) is 14.7 Å². The van der Waals surface area contributed by atoms with Gasteiger partial charge < -0.3 is 4.90 Å². The highest BCUT2D eigenvalue weighted by Gasteiger charge is 2.24. The second-order valence-corrected chi connectivity index (χ2v) is 7.01. The first kappa shape index (κ1) is 18.3. The minimum atomic E-state index is -0.510. The minimum absolute atomic E-state index is 0.236. The highest BCUT2D eigenvalue weighted by atomic mass is 19.1. The van der Waals surface area contributed by atoms with Crippen LogP contribution < -0.4 is 10.5 Å². The third kappa shape index (κ3) is 3.52. The molecule has 0 atom stereocenters. The Morgan fingerprint density at radius 3 is 2.46 bits per heavy atom. The molecule has 0 unspecified atom stereocenters. The van der Waals surface area contributed by atoms with E-state index in [4.69, 9.17) is 0 Å². The Kier molecular flexibility index (Phi) is 4.90. The van der Waals surface area contributed by atoms with Crippen LogP contribution in [0.2, 0.25) is 0 Å². The van der Waals surface area contributed by atoms with Crippen LogP contribution in [-0.2, 0) is 7.05 Å². The zero-order valence-electron chi connectivity index (χ0n) is 15.5. The summed E-state index contributed by atoms with van der Waals surface area (Å²) in [5, 5.41) is 0. The summed E-state index contributed by atoms with van der Waals surface area (Å²) in [6, 6.07) is 9.49. The minimum Gasteiger partial charge on any atom is -0.342 e. The molecule has 0 bridgehead atoms. The molecule has 28 heavy (non-hydrogen) atoms. The van der Waals surface area contributed by atoms with Crippen molar-refractivity contribution < 1.29 is 8.78 Å². The fraction of sp³-hybridized carbons (Fsp3) is 0.286. The van der Waals surface area contributed by atoms with Crippen LogP contribution in [0.25, 0.3) is 11.3 Å². The van der Waals surface area contributed by atoms with Crippen molar-refractivity contribution in [3.8, 4) is 11.3 Å². The SMILES string of the molecule is Cn1c(N2CCC(c3ccc(F)cc3)CC2)nc(-c2ccncc2F)cc1=O. The molecule has 0 aliphatic carbocycles. The number of aromatic nitrogens is 3. The van der Waals surface area contributed by atoms with E-state index in [0.717, 1.165) is 24.6 Å². The normalized spacial score (nSPS) is 15.0. The van der Waals surface area contributed by atoms with Crippen LogP contribution in [0.3, 0.4) is 0 Å². The number of anilines is 1. The Bertz CT molecular complexity index is 1040. The Morgan fingerprint density at radius 2 is 1.79 bits per heavy atom. The fourth-order valence-corrected chi connectivity index (χ4v) is 3.68. The summed E-state index contributed by atoms with van der Waals surface area (Å²) in [4.78, 5) is 22.8. The first-order valence-corrected chi connectivity index (χ1v) is 9.21. The molecule has 0 N–H and O–H groups in total. The van der Waals surface area contributed by atoms with Gasteiger partial charge in [-0.2, -0.15) is 0 Å². The van der Waals surface area contributed by atoms with Crippen LogP contribution in [-0.4, -0.2) is 27.6 Å². The summed E-state index contributed by atoms with van der Waals surface area (Å²) in [6.07, 6.45) is 4.33. The van der Waals surface area contributed by atoms with Crippen LogP contribution in [0, 0.1) is 11.6 Å². The van der Waals surface area contributed by atoms with Crippen LogP contribution in [0.5, 0.6) is 0 Å². The number of pyridine rings is 1. The van der Waals surface area contributed by atoms with E-state index >= 15 is 0 Å². The van der Waals surface area contributed by atoms with E-state index < -0.39 is 5.82 Å². The van der Waals surface area contributed by atoms with Crippen molar-refractivity contribution in [2.24, 2.45) is 7.05 Å². The predicted molar refractivity (Wildman–Crippen MR) is 103 cm³/mol. The second-order valence-electron chi connectivity index (χ2n) is 7.01. The Hall–Kier alpha value is -3.09. The quantitative estimate of drug-likeness (QED) is 0.696. The number of halogens is 2. The van der Waals surface area contributed by atoms with E-state index in [1.165, 1.54) is 35.0 Å². The molecule has 2 aromatic heterocycles. The summed E-state index contributed by atoms with van der Waals surface area (Å²) in [6.45, 7) is 1.43. The van der Waals surface area contributed by atoms with Gasteiger partial charge in [0.25, 0.3) is 5.56 Å². The van der Waals surface area contributed by atoms with E-state index in [2.05, 4.69) is 9.97 Å². The number of hydrogen-bond donors (Lipinski definition) is 0. The molecule has 1 saturated heterocycles. The van der Waals surface area contributed by atoms with Gasteiger partial charge in [-0.25, -0.2) is 13.8 Å². The molecule has 3 aromatic rings. The lowest BCUT2D eigenvalue weighted by Crippen LogP contribution is -2.37. The van der Waals surface area contributed by atoms with Gasteiger partial charge in [0, 0.05) is 38.0 Å². The predicted octanol–water partition coefficient (Wildman–Crippen LogP) is 3.50. The van der Waals surface area contributed by atoms with Gasteiger partial charge in [-0.1, -0.05) is 12.1 Å². The maximum absolute atomic E-state index is 14.1. The molecule has 0 amide bonds. The number of benzene rings is 1. The van der Waals surface area contributed by atoms with Gasteiger partial charge in [0.2, 0.25) is 5.95 Å². The standard InChI is InChI=1S/C21H20F2N4O/c1-26-20(28)12-19(17-6-9-24-13-18(17)23)25-21(26)27-10-7-15(8-11-27)14-2-4-16(22)5-3-14/h2-6,9,12-13,15H,7-8,10-11H2,1H3. The van der Waals surface area contributed by atoms with Gasteiger partial charge in [-0.05, 0) is 42.5 Å². The number of nitrogens with zero attached hydrogens (tertiary/aromatic N) is 4. The lowest BCUT2D eigenvalue weighted by molar-refractivity contribution is 0.492. The smallest absolute Gasteiger partial charge is 0.255 e. The summed E-state index contributed by atoms with van der Waals surface area (Å²) >= 11 is 0. The van der Waals surface area contributed by atoms with Crippen molar-refractivity contribution in [2.75, 3.05) is 18.0 Å². The molecule has 0 radical (unpaired) electrons. The van der Waals surface area contributed by atoms with E-state index in [-0.39, 0.29) is 16.9 Å². The molecule has 1 aliphatic rings. The van der Waals surface area contributed by atoms with Crippen molar-refractivity contribution >= 4 is 5.95 Å². The molecule has 0 saturated carbocycles. The summed E-state index contributed by atoms with van der Waals surface area (Å²) < 4.78 is 28.7. The second kappa shape index (κ2) is 7.50. The van der Waals surface area contributed by atoms with Crippen LogP contribution in [0.1, 0.15) is 24.3 Å². The van der Waals surface area contributed by atoms with Crippen molar-refractivity contribution in [2.45, 2.75) is 18.8 Å². The van der Waals surface area contributed by atoms with E-state index in [0.29, 0.717) is 30.6 Å². The number of piperidine rings is 1. The Morgan fingerprint density at radius 1 is 1.07 bits per heavy atom. The molecule has 1 aromatic carbocycles. The van der Waals surface area contributed by atoms with Gasteiger partial charge in [-0.3, -0.25) is 14.3 Å². The average molecular weight is 382 g/mol. The summed E-state index contributed by atoms with van der Waals surface area (Å²) in [7, 11) is 1.67. The lowest BCUT2D eigenvalue weighted by Gasteiger charge is -2.33. The third-order valence-corrected chi connectivity index (χ3v) is 5.28. The molecule has 4 rings (SSSR count). The monoisotopic (exact) mass is 382 g/mol. The van der Waals surface area contributed by atoms with Crippen LogP contribution >= 0.6 is 0 Å². The molecule has 7 heteroatoms. The molecule has 0 spiro atoms. The van der Waals surface area contributed by atoms with E-state index in [1.54, 1.807) is 7.05 Å². The third-order valence-electron chi connectivity index (χ3n) is 5.28. The maximum atomic E-state index is 14.1. The first-order chi connectivity index (χ1) is 13.5. The van der Waals surface area contributed by atoms with E-state index in [9.17, 15) is 13.6 Å². The van der Waals surface area contributed by atoms with Crippen molar-refractivity contribution in [3.05, 3.63) is 76.3 Å². The molecule has 3 heterocycles. The fourth-order valence-electron chi connectivity index (χ4n) is 3.68. The molecule has 5 nitrogen and oxygen atoms in total. The molecule has 144 valence electrons. The zero-order valence-corrected chi connectivity index (χ0v) is 15.5.